The molecular weight excluding hydrogens is 265 g/mol. The zero-order valence-corrected chi connectivity index (χ0v) is 9.47. The van der Waals surface area contributed by atoms with Crippen LogP contribution >= 0.6 is 0 Å². The molecule has 14 heavy (non-hydrogen) atoms. The van der Waals surface area contributed by atoms with Crippen molar-refractivity contribution >= 4 is 0 Å². The van der Waals surface area contributed by atoms with Crippen molar-refractivity contribution in [2.45, 2.75) is 0 Å². The van der Waals surface area contributed by atoms with Crippen LogP contribution in [0.15, 0.2) is 0 Å². The smallest absolute Gasteiger partial charge is 0.356 e. The molecule has 12 nitrogen and oxygen atoms in total. The van der Waals surface area contributed by atoms with Crippen LogP contribution in [0.5, 0.6) is 0 Å². The predicted molar refractivity (Wildman–Crippen MR) is 31.1 cm³/mol. The molecule has 78 valence electrons. The minimum Gasteiger partial charge on any atom is -0.356 e. The van der Waals surface area contributed by atoms with Crippen LogP contribution in [-0.4, -0.2) is 15.3 Å². The summed E-state index contributed by atoms with van der Waals surface area (Å²) in [4.78, 5) is 24.8. The van der Waals surface area contributed by atoms with Gasteiger partial charge in [-0.1, -0.05) is 0 Å². The third kappa shape index (κ3) is 1470. The van der Waals surface area contributed by atoms with Gasteiger partial charge in [-0.15, -0.1) is 0 Å². The fourth-order valence-electron chi connectivity index (χ4n) is 0. The van der Waals surface area contributed by atoms with Crippen LogP contribution in [0.4, 0.5) is 0 Å². The van der Waals surface area contributed by atoms with Crippen molar-refractivity contribution in [2.24, 2.45) is 0 Å². The molecule has 0 aliphatic heterocycles. The Bertz CT molecular complexity index is 118. The Morgan fingerprint density at radius 3 is 0.571 bits per heavy atom. The largest absolute Gasteiger partial charge is 2.00 e. The normalized spacial score (nSPS) is 5.14. The summed E-state index contributed by atoms with van der Waals surface area (Å²) in [5.74, 6) is 0. The number of rotatable bonds is 0. The minimum absolute atomic E-state index is 0. The molecule has 0 atom stereocenters. The Balaban J connectivity index is -0.0000000270. The van der Waals surface area contributed by atoms with Crippen LogP contribution in [-0.2, 0) is 17.1 Å². The molecule has 0 aliphatic carbocycles. The van der Waals surface area contributed by atoms with Gasteiger partial charge >= 0.3 is 46.6 Å². The molecule has 0 aliphatic rings. The second kappa shape index (κ2) is 22.7. The molecule has 0 fully saturated rings. The Hall–Kier alpha value is -0.881. The molecule has 0 radical (unpaired) electrons. The van der Waals surface area contributed by atoms with Crippen molar-refractivity contribution in [1.82, 2.24) is 0 Å². The number of hydrogen-bond donors (Lipinski definition) is 0. The number of hydrogen-bond acceptors (Lipinski definition) is 9. The molecule has 0 saturated carbocycles. The molecule has 0 aromatic carbocycles. The summed E-state index contributed by atoms with van der Waals surface area (Å²) in [5, 5.41) is 44.2. The maximum absolute atomic E-state index is 8.25. The summed E-state index contributed by atoms with van der Waals surface area (Å²) in [6, 6.07) is 0. The minimum atomic E-state index is -1.75. The molecule has 0 saturated heterocycles. The van der Waals surface area contributed by atoms with Gasteiger partial charge in [0.05, 0.1) is 15.3 Å². The van der Waals surface area contributed by atoms with Gasteiger partial charge < -0.3 is 46.0 Å². The maximum Gasteiger partial charge on any atom is 2.00 e. The Kier molecular flexibility index (Phi) is 47.5. The van der Waals surface area contributed by atoms with Crippen molar-refractivity contribution in [3.63, 3.8) is 0 Å². The van der Waals surface area contributed by atoms with Gasteiger partial charge in [-0.05, 0) is 0 Å². The second-order valence-corrected chi connectivity index (χ2v) is 0.671. The molecule has 0 heterocycles. The quantitative estimate of drug-likeness (QED) is 0.240. The van der Waals surface area contributed by atoms with E-state index in [1.54, 1.807) is 0 Å². The molecule has 14 heteroatoms. The van der Waals surface area contributed by atoms with Crippen molar-refractivity contribution in [3.8, 4) is 0 Å². The third-order valence-corrected chi connectivity index (χ3v) is 0. The average Bonchev–Trinajstić information content (AvgIpc) is 1.54. The van der Waals surface area contributed by atoms with Gasteiger partial charge in [-0.3, -0.25) is 0 Å². The molecule has 0 unspecified atom stereocenters. The standard InChI is InChI=1S/Fe.3NO3.Na/c;3*2-1(3)4;/q+2;3*-1;+1. The Labute approximate surface area is 108 Å². The predicted octanol–water partition coefficient (Wildman–Crippen LogP) is -3.72. The molecule has 0 bridgehead atoms. The van der Waals surface area contributed by atoms with Crippen LogP contribution in [0.2, 0.25) is 0 Å². The van der Waals surface area contributed by atoms with Gasteiger partial charge in [-0.2, -0.15) is 0 Å². The van der Waals surface area contributed by atoms with E-state index in [4.69, 9.17) is 46.0 Å². The van der Waals surface area contributed by atoms with E-state index < -0.39 is 15.3 Å². The van der Waals surface area contributed by atoms with Gasteiger partial charge in [0.1, 0.15) is 0 Å². The fraction of sp³-hybridized carbons (Fsp3) is 0. The van der Waals surface area contributed by atoms with Crippen LogP contribution in [0.25, 0.3) is 0 Å². The zero-order valence-electron chi connectivity index (χ0n) is 6.37. The van der Waals surface area contributed by atoms with E-state index in [9.17, 15) is 0 Å². The molecule has 0 N–H and O–H groups in total. The van der Waals surface area contributed by atoms with E-state index in [0.29, 0.717) is 0 Å². The fourth-order valence-corrected chi connectivity index (χ4v) is 0. The van der Waals surface area contributed by atoms with Crippen LogP contribution in [0.1, 0.15) is 0 Å². The SMILES string of the molecule is O=[N+]([O-])[O-].O=[N+]([O-])[O-].O=[N+]([O-])[O-].[Fe+2].[Na+]. The molecule has 0 aromatic rings. The summed E-state index contributed by atoms with van der Waals surface area (Å²) < 4.78 is 0. The van der Waals surface area contributed by atoms with Gasteiger partial charge in [-0.25, -0.2) is 0 Å². The first-order chi connectivity index (χ1) is 5.20. The van der Waals surface area contributed by atoms with Crippen molar-refractivity contribution in [3.05, 3.63) is 46.0 Å². The second-order valence-electron chi connectivity index (χ2n) is 0.671. The maximum atomic E-state index is 8.25. The van der Waals surface area contributed by atoms with Crippen LogP contribution in [0.3, 0.4) is 0 Å². The van der Waals surface area contributed by atoms with Crippen molar-refractivity contribution < 1.29 is 61.9 Å². The third-order valence-electron chi connectivity index (χ3n) is 0. The van der Waals surface area contributed by atoms with Gasteiger partial charge in [0, 0.05) is 0 Å². The summed E-state index contributed by atoms with van der Waals surface area (Å²) >= 11 is 0. The summed E-state index contributed by atoms with van der Waals surface area (Å²) in [5.41, 5.74) is 0. The monoisotopic (exact) mass is 265 g/mol. The Morgan fingerprint density at radius 2 is 0.571 bits per heavy atom. The first kappa shape index (κ1) is 29.2. The molecule has 0 spiro atoms. The Morgan fingerprint density at radius 1 is 0.571 bits per heavy atom. The summed E-state index contributed by atoms with van der Waals surface area (Å²) in [6.07, 6.45) is 0. The topological polar surface area (TPSA) is 199 Å². The van der Waals surface area contributed by atoms with E-state index in [-0.39, 0.29) is 46.6 Å². The molecule has 0 rings (SSSR count). The van der Waals surface area contributed by atoms with Crippen LogP contribution < -0.4 is 29.6 Å². The molecule has 0 amide bonds. The molecular formula is FeN3NaO9. The van der Waals surface area contributed by atoms with E-state index in [1.165, 1.54) is 0 Å². The summed E-state index contributed by atoms with van der Waals surface area (Å²) in [6.45, 7) is 0. The van der Waals surface area contributed by atoms with Crippen molar-refractivity contribution in [1.29, 1.82) is 0 Å². The average molecular weight is 265 g/mol. The van der Waals surface area contributed by atoms with E-state index >= 15 is 0 Å². The van der Waals surface area contributed by atoms with Crippen LogP contribution in [0, 0.1) is 46.0 Å². The summed E-state index contributed by atoms with van der Waals surface area (Å²) in [7, 11) is 0. The van der Waals surface area contributed by atoms with Gasteiger partial charge in [0.25, 0.3) is 0 Å². The first-order valence-electron chi connectivity index (χ1n) is 1.64. The van der Waals surface area contributed by atoms with E-state index in [0.717, 1.165) is 0 Å². The van der Waals surface area contributed by atoms with Crippen molar-refractivity contribution in [2.75, 3.05) is 0 Å². The first-order valence-corrected chi connectivity index (χ1v) is 1.64. The zero-order chi connectivity index (χ0) is 10.7. The van der Waals surface area contributed by atoms with Gasteiger partial charge in [0.15, 0.2) is 0 Å². The molecule has 0 aromatic heterocycles. The van der Waals surface area contributed by atoms with Gasteiger partial charge in [0.2, 0.25) is 0 Å². The van der Waals surface area contributed by atoms with E-state index in [2.05, 4.69) is 0 Å². The van der Waals surface area contributed by atoms with E-state index in [1.807, 2.05) is 0 Å². The number of nitrogens with zero attached hydrogens (tertiary/aromatic N) is 3.